The van der Waals surface area contributed by atoms with Crippen LogP contribution in [0.1, 0.15) is 32.1 Å². The van der Waals surface area contributed by atoms with Crippen LogP contribution >= 0.6 is 0 Å². The molecular weight excluding hydrogens is 508 g/mol. The Balaban J connectivity index is 0.00000342. The second-order valence-corrected chi connectivity index (χ2v) is 7.96. The number of carbonyl (C=O) groups is 2. The first kappa shape index (κ1) is 26.1. The van der Waals surface area contributed by atoms with Crippen molar-refractivity contribution < 1.29 is 45.9 Å². The van der Waals surface area contributed by atoms with Gasteiger partial charge in [0, 0.05) is 35.4 Å². The third kappa shape index (κ3) is 6.33. The molecule has 0 saturated heterocycles. The number of hydrogen-bond acceptors (Lipinski definition) is 4. The summed E-state index contributed by atoms with van der Waals surface area (Å²) < 4.78 is 3.48. The van der Waals surface area contributed by atoms with Gasteiger partial charge in [-0.15, -0.1) is 0 Å². The van der Waals surface area contributed by atoms with E-state index in [1.54, 1.807) is 57.9 Å². The lowest BCUT2D eigenvalue weighted by atomic mass is 10.00. The minimum absolute atomic E-state index is 0. The molecule has 0 aliphatic heterocycles. The van der Waals surface area contributed by atoms with Gasteiger partial charge in [-0.25, -0.2) is 0 Å². The number of halogens is 1. The lowest BCUT2D eigenvalue weighted by Crippen LogP contribution is -3.00. The fourth-order valence-corrected chi connectivity index (χ4v) is 3.81. The van der Waals surface area contributed by atoms with E-state index in [0.717, 1.165) is 11.1 Å². The van der Waals surface area contributed by atoms with Crippen LogP contribution in [0.15, 0.2) is 97.3 Å². The molecule has 4 aromatic rings. The molecule has 0 atom stereocenters. The third-order valence-electron chi connectivity index (χ3n) is 5.77. The van der Waals surface area contributed by atoms with E-state index in [1.165, 1.54) is 0 Å². The SMILES string of the molecule is O=C(C[n+]1ccccc1CO)c1ccc(-c2ccc(C(=O)C[n+]3ccccc3CO)cc2)cc1.[Br-]. The van der Waals surface area contributed by atoms with Crippen molar-refractivity contribution >= 4 is 11.6 Å². The van der Waals surface area contributed by atoms with Crippen molar-refractivity contribution in [2.75, 3.05) is 0 Å². The molecule has 2 N–H and O–H groups in total. The summed E-state index contributed by atoms with van der Waals surface area (Å²) in [5, 5.41) is 18.9. The van der Waals surface area contributed by atoms with Crippen LogP contribution in [-0.2, 0) is 26.3 Å². The maximum Gasteiger partial charge on any atom is 0.227 e. The maximum atomic E-state index is 12.7. The molecule has 7 heteroatoms. The van der Waals surface area contributed by atoms with Crippen LogP contribution in [0.5, 0.6) is 0 Å². The topological polar surface area (TPSA) is 82.4 Å². The van der Waals surface area contributed by atoms with E-state index >= 15 is 0 Å². The van der Waals surface area contributed by atoms with Crippen molar-refractivity contribution in [3.05, 3.63) is 120 Å². The molecule has 35 heavy (non-hydrogen) atoms. The predicted molar refractivity (Wildman–Crippen MR) is 126 cm³/mol. The molecule has 178 valence electrons. The number of Topliss-reactive ketones (excluding diaryl/α,β-unsaturated/α-hetero) is 2. The van der Waals surface area contributed by atoms with Crippen molar-refractivity contribution in [1.29, 1.82) is 0 Å². The number of rotatable bonds is 9. The second-order valence-electron chi connectivity index (χ2n) is 7.96. The van der Waals surface area contributed by atoms with E-state index < -0.39 is 0 Å². The van der Waals surface area contributed by atoms with Gasteiger partial charge in [-0.3, -0.25) is 9.59 Å². The minimum Gasteiger partial charge on any atom is -1.00 e. The summed E-state index contributed by atoms with van der Waals surface area (Å²) in [6, 6.07) is 25.6. The fraction of sp³-hybridized carbons (Fsp3) is 0.143. The van der Waals surface area contributed by atoms with E-state index in [9.17, 15) is 19.8 Å². The summed E-state index contributed by atoms with van der Waals surface area (Å²) >= 11 is 0. The van der Waals surface area contributed by atoms with Crippen molar-refractivity contribution in [3.63, 3.8) is 0 Å². The number of aromatic nitrogens is 2. The van der Waals surface area contributed by atoms with E-state index in [4.69, 9.17) is 0 Å². The molecule has 2 aromatic carbocycles. The molecule has 0 saturated carbocycles. The predicted octanol–water partition coefficient (Wildman–Crippen LogP) is -0.317. The third-order valence-corrected chi connectivity index (χ3v) is 5.77. The average Bonchev–Trinajstić information content (AvgIpc) is 2.89. The largest absolute Gasteiger partial charge is 1.00 e. The van der Waals surface area contributed by atoms with Gasteiger partial charge >= 0.3 is 0 Å². The molecule has 0 radical (unpaired) electrons. The summed E-state index contributed by atoms with van der Waals surface area (Å²) in [6.45, 7) is 0.0605. The normalized spacial score (nSPS) is 10.5. The highest BCUT2D eigenvalue weighted by atomic mass is 79.9. The summed E-state index contributed by atoms with van der Waals surface area (Å²) in [6.07, 6.45) is 3.56. The second kappa shape index (κ2) is 12.3. The quantitative estimate of drug-likeness (QED) is 0.228. The zero-order valence-electron chi connectivity index (χ0n) is 19.0. The van der Waals surface area contributed by atoms with Crippen molar-refractivity contribution in [2.24, 2.45) is 0 Å². The Labute approximate surface area is 214 Å². The molecule has 0 fully saturated rings. The number of hydrogen-bond donors (Lipinski definition) is 2. The molecule has 6 nitrogen and oxygen atoms in total. The Morgan fingerprint density at radius 3 is 1.29 bits per heavy atom. The Bertz CT molecular complexity index is 1200. The molecule has 0 spiro atoms. The smallest absolute Gasteiger partial charge is 0.227 e. The van der Waals surface area contributed by atoms with Crippen molar-refractivity contribution in [1.82, 2.24) is 0 Å². The first-order valence-electron chi connectivity index (χ1n) is 11.0. The van der Waals surface area contributed by atoms with Crippen LogP contribution in [0.2, 0.25) is 0 Å². The van der Waals surface area contributed by atoms with E-state index in [2.05, 4.69) is 0 Å². The lowest BCUT2D eigenvalue weighted by molar-refractivity contribution is -0.692. The van der Waals surface area contributed by atoms with Crippen LogP contribution < -0.4 is 26.1 Å². The average molecular weight is 534 g/mol. The number of carbonyl (C=O) groups excluding carboxylic acids is 2. The minimum atomic E-state index is -0.127. The highest BCUT2D eigenvalue weighted by molar-refractivity contribution is 5.96. The highest BCUT2D eigenvalue weighted by Gasteiger charge is 2.17. The number of aliphatic hydroxyl groups is 2. The lowest BCUT2D eigenvalue weighted by Gasteiger charge is -2.06. The van der Waals surface area contributed by atoms with Gasteiger partial charge in [-0.1, -0.05) is 60.7 Å². The van der Waals surface area contributed by atoms with Crippen LogP contribution in [0, 0.1) is 0 Å². The molecule has 0 aliphatic rings. The first-order chi connectivity index (χ1) is 16.6. The highest BCUT2D eigenvalue weighted by Crippen LogP contribution is 2.21. The van der Waals surface area contributed by atoms with E-state index in [0.29, 0.717) is 22.5 Å². The Kier molecular flexibility index (Phi) is 9.14. The standard InChI is InChI=1S/C28H26N2O4.BrH/c31-19-25-5-1-3-15-29(25)17-27(33)23-11-7-21(8-12-23)22-9-13-24(14-10-22)28(34)18-30-16-4-2-6-26(30)20-32;/h1-16,31-32H,17-20H2;1H/q+2;/p-1. The Morgan fingerprint density at radius 2 is 0.943 bits per heavy atom. The Hall–Kier alpha value is -3.52. The first-order valence-corrected chi connectivity index (χ1v) is 11.0. The fourth-order valence-electron chi connectivity index (χ4n) is 3.81. The monoisotopic (exact) mass is 533 g/mol. The van der Waals surface area contributed by atoms with Crippen LogP contribution in [0.3, 0.4) is 0 Å². The maximum absolute atomic E-state index is 12.7. The number of pyridine rings is 2. The number of nitrogens with zero attached hydrogens (tertiary/aromatic N) is 2. The zero-order valence-corrected chi connectivity index (χ0v) is 20.6. The number of benzene rings is 2. The van der Waals surface area contributed by atoms with E-state index in [1.807, 2.05) is 48.5 Å². The molecule has 4 rings (SSSR count). The number of aliphatic hydroxyl groups excluding tert-OH is 2. The van der Waals surface area contributed by atoms with Gasteiger partial charge in [0.25, 0.3) is 0 Å². The van der Waals surface area contributed by atoms with Crippen LogP contribution in [0.25, 0.3) is 11.1 Å². The van der Waals surface area contributed by atoms with Crippen molar-refractivity contribution in [2.45, 2.75) is 26.3 Å². The van der Waals surface area contributed by atoms with Gasteiger partial charge in [-0.05, 0) is 11.1 Å². The van der Waals surface area contributed by atoms with Crippen LogP contribution in [-0.4, -0.2) is 21.8 Å². The van der Waals surface area contributed by atoms with Gasteiger partial charge in [0.15, 0.2) is 12.4 Å². The summed E-state index contributed by atoms with van der Waals surface area (Å²) in [5.74, 6) is -0.0851. The Morgan fingerprint density at radius 1 is 0.571 bits per heavy atom. The van der Waals surface area contributed by atoms with Gasteiger partial charge in [0.1, 0.15) is 13.2 Å². The molecule has 0 aliphatic carbocycles. The van der Waals surface area contributed by atoms with Gasteiger partial charge in [0.2, 0.25) is 36.0 Å². The van der Waals surface area contributed by atoms with Gasteiger partial charge in [0.05, 0.1) is 0 Å². The van der Waals surface area contributed by atoms with Gasteiger partial charge in [-0.2, -0.15) is 9.13 Å². The van der Waals surface area contributed by atoms with Gasteiger partial charge < -0.3 is 27.2 Å². The molecule has 2 aromatic heterocycles. The molecule has 0 bridgehead atoms. The summed E-state index contributed by atoms with van der Waals surface area (Å²) in [7, 11) is 0. The zero-order chi connectivity index (χ0) is 23.9. The summed E-state index contributed by atoms with van der Waals surface area (Å²) in [4.78, 5) is 25.4. The van der Waals surface area contributed by atoms with E-state index in [-0.39, 0.29) is 54.9 Å². The molecule has 0 amide bonds. The molecule has 0 unspecified atom stereocenters. The summed E-state index contributed by atoms with van der Waals surface area (Å²) in [5.41, 5.74) is 4.43. The van der Waals surface area contributed by atoms with Crippen LogP contribution in [0.4, 0.5) is 0 Å². The molecule has 2 heterocycles. The number of ketones is 2. The van der Waals surface area contributed by atoms with Crippen molar-refractivity contribution in [3.8, 4) is 11.1 Å². The molecular formula is C28H26BrN2O4+.